The summed E-state index contributed by atoms with van der Waals surface area (Å²) in [6, 6.07) is 4.28. The molecule has 1 aromatic rings. The van der Waals surface area contributed by atoms with Crippen LogP contribution in [0.4, 0.5) is 5.69 Å². The Labute approximate surface area is 95.8 Å². The molecule has 0 radical (unpaired) electrons. The molecule has 0 spiro atoms. The van der Waals surface area contributed by atoms with Crippen molar-refractivity contribution in [3.63, 3.8) is 0 Å². The largest absolute Gasteiger partial charge is 0.508 e. The van der Waals surface area contributed by atoms with Crippen LogP contribution < -0.4 is 4.90 Å². The summed E-state index contributed by atoms with van der Waals surface area (Å²) in [5.41, 5.74) is 0.272. The number of aliphatic hydroxyl groups is 1. The fraction of sp³-hybridized carbons (Fsp3) is 0.500. The highest BCUT2D eigenvalue weighted by Gasteiger charge is 2.26. The van der Waals surface area contributed by atoms with Crippen LogP contribution in [0, 0.1) is 0 Å². The number of rotatable bonds is 2. The van der Waals surface area contributed by atoms with Gasteiger partial charge in [-0.05, 0) is 27.7 Å². The maximum atomic E-state index is 9.75. The molecule has 1 rings (SSSR count). The summed E-state index contributed by atoms with van der Waals surface area (Å²) in [6.07, 6.45) is -0.707. The number of nitrogens with zero attached hydrogens (tertiary/aromatic N) is 1. The molecular formula is C12H19NO3. The molecule has 0 aliphatic carbocycles. The Morgan fingerprint density at radius 3 is 1.81 bits per heavy atom. The quantitative estimate of drug-likeness (QED) is 0.674. The van der Waals surface area contributed by atoms with E-state index in [0.29, 0.717) is 5.69 Å². The van der Waals surface area contributed by atoms with Gasteiger partial charge in [-0.25, -0.2) is 0 Å². The van der Waals surface area contributed by atoms with Gasteiger partial charge in [0.05, 0.1) is 0 Å². The molecule has 4 heteroatoms. The van der Waals surface area contributed by atoms with E-state index in [4.69, 9.17) is 0 Å². The summed E-state index contributed by atoms with van der Waals surface area (Å²) in [5.74, 6) is -0.0465. The van der Waals surface area contributed by atoms with E-state index < -0.39 is 6.23 Å². The molecule has 0 aliphatic heterocycles. The fourth-order valence-corrected chi connectivity index (χ4v) is 1.88. The zero-order valence-corrected chi connectivity index (χ0v) is 10.1. The smallest absolute Gasteiger partial charge is 0.124 e. The van der Waals surface area contributed by atoms with Gasteiger partial charge < -0.3 is 20.2 Å². The lowest BCUT2D eigenvalue weighted by Gasteiger charge is -2.40. The number of benzene rings is 1. The van der Waals surface area contributed by atoms with Gasteiger partial charge in [0.15, 0.2) is 0 Å². The van der Waals surface area contributed by atoms with Crippen LogP contribution in [-0.2, 0) is 0 Å². The van der Waals surface area contributed by atoms with E-state index in [1.165, 1.54) is 18.2 Å². The summed E-state index contributed by atoms with van der Waals surface area (Å²) in [5, 5.41) is 28.6. The summed E-state index contributed by atoms with van der Waals surface area (Å²) in [4.78, 5) is 1.71. The van der Waals surface area contributed by atoms with E-state index in [0.717, 1.165) is 0 Å². The van der Waals surface area contributed by atoms with Crippen LogP contribution in [0.3, 0.4) is 0 Å². The molecule has 0 heterocycles. The summed E-state index contributed by atoms with van der Waals surface area (Å²) >= 11 is 0. The second kappa shape index (κ2) is 4.22. The molecule has 4 nitrogen and oxygen atoms in total. The average Bonchev–Trinajstić information content (AvgIpc) is 1.96. The van der Waals surface area contributed by atoms with E-state index >= 15 is 0 Å². The van der Waals surface area contributed by atoms with Gasteiger partial charge in [-0.2, -0.15) is 0 Å². The maximum absolute atomic E-state index is 9.75. The number of phenols is 2. The first-order chi connectivity index (χ1) is 7.21. The zero-order valence-electron chi connectivity index (χ0n) is 10.1. The van der Waals surface area contributed by atoms with Crippen molar-refractivity contribution in [1.29, 1.82) is 0 Å². The third-order valence-corrected chi connectivity index (χ3v) is 2.26. The minimum Gasteiger partial charge on any atom is -0.508 e. The fourth-order valence-electron chi connectivity index (χ4n) is 1.88. The normalized spacial score (nSPS) is 13.6. The molecule has 0 amide bonds. The molecule has 0 fully saturated rings. The Hall–Kier alpha value is -1.42. The Balaban J connectivity index is 3.21. The SMILES string of the molecule is CC(O)N(c1cc(O)cc(O)c1)C(C)(C)C. The second-order valence-corrected chi connectivity index (χ2v) is 4.88. The minimum absolute atomic E-state index is 0.0232. The average molecular weight is 225 g/mol. The lowest BCUT2D eigenvalue weighted by Crippen LogP contribution is -2.47. The van der Waals surface area contributed by atoms with Crippen molar-refractivity contribution in [2.24, 2.45) is 0 Å². The third-order valence-electron chi connectivity index (χ3n) is 2.26. The van der Waals surface area contributed by atoms with E-state index in [-0.39, 0.29) is 17.0 Å². The highest BCUT2D eigenvalue weighted by atomic mass is 16.3. The molecule has 0 saturated heterocycles. The molecule has 0 bridgehead atoms. The first-order valence-electron chi connectivity index (χ1n) is 5.22. The van der Waals surface area contributed by atoms with Crippen molar-refractivity contribution < 1.29 is 15.3 Å². The van der Waals surface area contributed by atoms with Crippen LogP contribution in [-0.4, -0.2) is 27.1 Å². The second-order valence-electron chi connectivity index (χ2n) is 4.88. The lowest BCUT2D eigenvalue weighted by molar-refractivity contribution is 0.164. The molecule has 0 aromatic heterocycles. The van der Waals surface area contributed by atoms with Crippen LogP contribution in [0.15, 0.2) is 18.2 Å². The summed E-state index contributed by atoms with van der Waals surface area (Å²) in [6.45, 7) is 7.48. The molecule has 1 aromatic carbocycles. The molecule has 0 saturated carbocycles. The van der Waals surface area contributed by atoms with Crippen molar-refractivity contribution in [2.45, 2.75) is 39.5 Å². The molecule has 90 valence electrons. The monoisotopic (exact) mass is 225 g/mol. The number of hydrogen-bond acceptors (Lipinski definition) is 4. The standard InChI is InChI=1S/C12H19NO3/c1-8(14)13(12(2,3)4)9-5-10(15)7-11(16)6-9/h5-8,14-16H,1-4H3. The van der Waals surface area contributed by atoms with Gasteiger partial charge >= 0.3 is 0 Å². The molecule has 3 N–H and O–H groups in total. The first-order valence-corrected chi connectivity index (χ1v) is 5.22. The lowest BCUT2D eigenvalue weighted by atomic mass is 10.0. The van der Waals surface area contributed by atoms with Crippen LogP contribution in [0.25, 0.3) is 0 Å². The number of anilines is 1. The predicted octanol–water partition coefficient (Wildman–Crippen LogP) is 2.04. The molecular weight excluding hydrogens is 206 g/mol. The van der Waals surface area contributed by atoms with Gasteiger partial charge in [0, 0.05) is 29.4 Å². The van der Waals surface area contributed by atoms with Crippen molar-refractivity contribution in [2.75, 3.05) is 4.90 Å². The van der Waals surface area contributed by atoms with Gasteiger partial charge in [-0.15, -0.1) is 0 Å². The number of aromatic hydroxyl groups is 2. The first kappa shape index (κ1) is 12.6. The van der Waals surface area contributed by atoms with E-state index in [1.807, 2.05) is 20.8 Å². The van der Waals surface area contributed by atoms with Crippen LogP contribution in [0.1, 0.15) is 27.7 Å². The predicted molar refractivity (Wildman–Crippen MR) is 63.7 cm³/mol. The third kappa shape index (κ3) is 2.79. The molecule has 16 heavy (non-hydrogen) atoms. The van der Waals surface area contributed by atoms with Gasteiger partial charge in [0.2, 0.25) is 0 Å². The highest BCUT2D eigenvalue weighted by molar-refractivity contribution is 5.56. The van der Waals surface area contributed by atoms with E-state index in [9.17, 15) is 15.3 Å². The van der Waals surface area contributed by atoms with E-state index in [2.05, 4.69) is 0 Å². The van der Waals surface area contributed by atoms with Crippen molar-refractivity contribution in [3.05, 3.63) is 18.2 Å². The van der Waals surface area contributed by atoms with Gasteiger partial charge in [0.1, 0.15) is 17.7 Å². The molecule has 1 unspecified atom stereocenters. The van der Waals surface area contributed by atoms with Gasteiger partial charge in [-0.3, -0.25) is 0 Å². The Morgan fingerprint density at radius 2 is 1.50 bits per heavy atom. The number of phenolic OH excluding ortho intramolecular Hbond substituents is 2. The highest BCUT2D eigenvalue weighted by Crippen LogP contribution is 2.32. The van der Waals surface area contributed by atoms with Crippen molar-refractivity contribution >= 4 is 5.69 Å². The van der Waals surface area contributed by atoms with Crippen molar-refractivity contribution in [3.8, 4) is 11.5 Å². The topological polar surface area (TPSA) is 63.9 Å². The molecule has 1 atom stereocenters. The van der Waals surface area contributed by atoms with Gasteiger partial charge in [0.25, 0.3) is 0 Å². The maximum Gasteiger partial charge on any atom is 0.124 e. The Kier molecular flexibility index (Phi) is 3.33. The Bertz CT molecular complexity index is 349. The van der Waals surface area contributed by atoms with Crippen LogP contribution in [0.2, 0.25) is 0 Å². The number of aliphatic hydroxyl groups excluding tert-OH is 1. The van der Waals surface area contributed by atoms with Crippen molar-refractivity contribution in [1.82, 2.24) is 0 Å². The summed E-state index contributed by atoms with van der Waals surface area (Å²) < 4.78 is 0. The summed E-state index contributed by atoms with van der Waals surface area (Å²) in [7, 11) is 0. The van der Waals surface area contributed by atoms with Crippen LogP contribution >= 0.6 is 0 Å². The minimum atomic E-state index is -0.707. The zero-order chi connectivity index (χ0) is 12.5. The molecule has 0 aliphatic rings. The van der Waals surface area contributed by atoms with Gasteiger partial charge in [-0.1, -0.05) is 0 Å². The van der Waals surface area contributed by atoms with E-state index in [1.54, 1.807) is 11.8 Å². The van der Waals surface area contributed by atoms with Crippen LogP contribution in [0.5, 0.6) is 11.5 Å². The number of hydrogen-bond donors (Lipinski definition) is 3. The Morgan fingerprint density at radius 1 is 1.06 bits per heavy atom.